The van der Waals surface area contributed by atoms with E-state index in [0.717, 1.165) is 11.4 Å². The number of benzene rings is 1. The van der Waals surface area contributed by atoms with Crippen LogP contribution >= 0.6 is 12.2 Å². The number of aryl methyl sites for hydroxylation is 1. The molecule has 0 aliphatic carbocycles. The number of thiocarbonyl (C=S) groups is 1. The highest BCUT2D eigenvalue weighted by atomic mass is 32.1. The molecule has 0 radical (unpaired) electrons. The lowest BCUT2D eigenvalue weighted by Crippen LogP contribution is -2.03. The Kier molecular flexibility index (Phi) is 3.47. The van der Waals surface area contributed by atoms with Gasteiger partial charge in [-0.2, -0.15) is 0 Å². The largest absolute Gasteiger partial charge is 0.386 e. The van der Waals surface area contributed by atoms with Crippen molar-refractivity contribution in [1.82, 2.24) is 0 Å². The maximum atomic E-state index is 4.80. The summed E-state index contributed by atoms with van der Waals surface area (Å²) in [6.07, 6.45) is 0. The first-order chi connectivity index (χ1) is 6.61. The second-order valence-corrected chi connectivity index (χ2v) is 3.61. The highest BCUT2D eigenvalue weighted by Crippen LogP contribution is 2.30. The molecule has 0 saturated heterocycles. The van der Waals surface area contributed by atoms with Crippen LogP contribution in [0.25, 0.3) is 0 Å². The van der Waals surface area contributed by atoms with Crippen molar-refractivity contribution in [3.05, 3.63) is 22.8 Å². The molecule has 0 aliphatic rings. The molecule has 0 unspecified atom stereocenters. The van der Waals surface area contributed by atoms with Gasteiger partial charge in [-0.25, -0.2) is 0 Å². The van der Waals surface area contributed by atoms with E-state index in [9.17, 15) is 0 Å². The maximum absolute atomic E-state index is 4.80. The molecule has 0 bridgehead atoms. The second-order valence-electron chi connectivity index (χ2n) is 3.38. The molecule has 0 fully saturated rings. The summed E-state index contributed by atoms with van der Waals surface area (Å²) in [4.78, 5) is 0. The van der Waals surface area contributed by atoms with Gasteiger partial charge in [0.15, 0.2) is 0 Å². The van der Waals surface area contributed by atoms with E-state index >= 15 is 0 Å². The van der Waals surface area contributed by atoms with Crippen LogP contribution in [0.15, 0.2) is 6.07 Å². The predicted molar refractivity (Wildman–Crippen MR) is 67.5 cm³/mol. The fourth-order valence-corrected chi connectivity index (χ4v) is 1.71. The van der Waals surface area contributed by atoms with Crippen LogP contribution in [0.2, 0.25) is 0 Å². The van der Waals surface area contributed by atoms with Crippen molar-refractivity contribution in [2.75, 3.05) is 17.7 Å². The molecule has 1 rings (SSSR count). The predicted octanol–water partition coefficient (Wildman–Crippen LogP) is 3.02. The molecule has 2 N–H and O–H groups in total. The van der Waals surface area contributed by atoms with Crippen molar-refractivity contribution < 1.29 is 0 Å². The molecule has 1 aromatic rings. The van der Waals surface area contributed by atoms with E-state index in [1.165, 1.54) is 22.2 Å². The first-order valence-electron chi connectivity index (χ1n) is 4.60. The average molecular weight is 208 g/mol. The Morgan fingerprint density at radius 1 is 1.21 bits per heavy atom. The van der Waals surface area contributed by atoms with Crippen molar-refractivity contribution in [2.45, 2.75) is 20.8 Å². The molecule has 1 aromatic carbocycles. The zero-order valence-corrected chi connectivity index (χ0v) is 9.88. The molecular formula is C11H16N2S. The van der Waals surface area contributed by atoms with Crippen LogP contribution in [-0.2, 0) is 0 Å². The minimum absolute atomic E-state index is 1.04. The fourth-order valence-electron chi connectivity index (χ4n) is 1.58. The quantitative estimate of drug-likeness (QED) is 0.747. The maximum Gasteiger partial charge on any atom is 0.0659 e. The minimum Gasteiger partial charge on any atom is -0.386 e. The SMILES string of the molecule is CNc1c(NC=S)cc(C)c(C)c1C. The molecule has 3 heteroatoms. The molecule has 2 nitrogen and oxygen atoms in total. The summed E-state index contributed by atoms with van der Waals surface area (Å²) >= 11 is 4.80. The first kappa shape index (κ1) is 11.0. The van der Waals surface area contributed by atoms with E-state index in [2.05, 4.69) is 37.5 Å². The highest BCUT2D eigenvalue weighted by molar-refractivity contribution is 7.79. The van der Waals surface area contributed by atoms with Crippen molar-refractivity contribution in [1.29, 1.82) is 0 Å². The zero-order valence-electron chi connectivity index (χ0n) is 9.06. The normalized spacial score (nSPS) is 9.71. The lowest BCUT2D eigenvalue weighted by Gasteiger charge is -2.16. The molecule has 76 valence electrons. The number of hydrogen-bond donors (Lipinski definition) is 2. The van der Waals surface area contributed by atoms with Crippen molar-refractivity contribution in [3.8, 4) is 0 Å². The molecule has 0 aromatic heterocycles. The zero-order chi connectivity index (χ0) is 10.7. The molecule has 0 atom stereocenters. The van der Waals surface area contributed by atoms with Crippen LogP contribution in [0, 0.1) is 20.8 Å². The molecule has 0 spiro atoms. The van der Waals surface area contributed by atoms with E-state index in [1.807, 2.05) is 7.05 Å². The van der Waals surface area contributed by atoms with Crippen LogP contribution in [0.3, 0.4) is 0 Å². The Morgan fingerprint density at radius 3 is 2.36 bits per heavy atom. The second kappa shape index (κ2) is 4.42. The van der Waals surface area contributed by atoms with E-state index in [4.69, 9.17) is 12.2 Å². The summed E-state index contributed by atoms with van der Waals surface area (Å²) < 4.78 is 0. The summed E-state index contributed by atoms with van der Waals surface area (Å²) in [5.74, 6) is 0. The lowest BCUT2D eigenvalue weighted by atomic mass is 10.0. The fraction of sp³-hybridized carbons (Fsp3) is 0.364. The van der Waals surface area contributed by atoms with Gasteiger partial charge in [0.05, 0.1) is 16.9 Å². The number of hydrogen-bond acceptors (Lipinski definition) is 2. The monoisotopic (exact) mass is 208 g/mol. The van der Waals surface area contributed by atoms with Gasteiger partial charge in [0.25, 0.3) is 0 Å². The van der Waals surface area contributed by atoms with Crippen LogP contribution < -0.4 is 10.6 Å². The van der Waals surface area contributed by atoms with Crippen LogP contribution in [0.1, 0.15) is 16.7 Å². The average Bonchev–Trinajstić information content (AvgIpc) is 2.16. The van der Waals surface area contributed by atoms with Gasteiger partial charge in [-0.15, -0.1) is 0 Å². The summed E-state index contributed by atoms with van der Waals surface area (Å²) in [7, 11) is 1.92. The number of anilines is 2. The Balaban J connectivity index is 3.35. The van der Waals surface area contributed by atoms with E-state index in [-0.39, 0.29) is 0 Å². The Morgan fingerprint density at radius 2 is 1.86 bits per heavy atom. The standard InChI is InChI=1S/C11H16N2S/c1-7-5-10(13-6-14)11(12-4)9(3)8(7)2/h5-6,12H,1-4H3,(H,13,14). The van der Waals surface area contributed by atoms with Gasteiger partial charge < -0.3 is 10.6 Å². The summed E-state index contributed by atoms with van der Waals surface area (Å²) in [5.41, 5.74) is 7.57. The van der Waals surface area contributed by atoms with Gasteiger partial charge in [-0.3, -0.25) is 0 Å². The molecular weight excluding hydrogens is 192 g/mol. The number of nitrogens with one attached hydrogen (secondary N) is 2. The van der Waals surface area contributed by atoms with E-state index in [0.29, 0.717) is 0 Å². The van der Waals surface area contributed by atoms with Gasteiger partial charge in [0.2, 0.25) is 0 Å². The smallest absolute Gasteiger partial charge is 0.0659 e. The molecule has 0 saturated carbocycles. The van der Waals surface area contributed by atoms with Gasteiger partial charge in [0.1, 0.15) is 0 Å². The summed E-state index contributed by atoms with van der Waals surface area (Å²) in [5, 5.41) is 6.25. The molecule has 0 amide bonds. The Bertz CT molecular complexity index is 359. The highest BCUT2D eigenvalue weighted by Gasteiger charge is 2.08. The van der Waals surface area contributed by atoms with Crippen LogP contribution in [0.4, 0.5) is 11.4 Å². The molecule has 14 heavy (non-hydrogen) atoms. The van der Waals surface area contributed by atoms with E-state index in [1.54, 1.807) is 0 Å². The van der Waals surface area contributed by atoms with Gasteiger partial charge in [0, 0.05) is 7.05 Å². The number of rotatable bonds is 3. The van der Waals surface area contributed by atoms with Gasteiger partial charge in [-0.1, -0.05) is 12.2 Å². The Labute approximate surface area is 90.7 Å². The summed E-state index contributed by atoms with van der Waals surface area (Å²) in [6.45, 7) is 6.35. The van der Waals surface area contributed by atoms with Gasteiger partial charge >= 0.3 is 0 Å². The topological polar surface area (TPSA) is 24.1 Å². The van der Waals surface area contributed by atoms with E-state index < -0.39 is 0 Å². The third-order valence-electron chi connectivity index (χ3n) is 2.62. The lowest BCUT2D eigenvalue weighted by molar-refractivity contribution is 1.26. The third kappa shape index (κ3) is 1.87. The minimum atomic E-state index is 1.04. The summed E-state index contributed by atoms with van der Waals surface area (Å²) in [6, 6.07) is 2.11. The van der Waals surface area contributed by atoms with Gasteiger partial charge in [-0.05, 0) is 43.5 Å². The van der Waals surface area contributed by atoms with Crippen LogP contribution in [0.5, 0.6) is 0 Å². The first-order valence-corrected chi connectivity index (χ1v) is 5.07. The van der Waals surface area contributed by atoms with Crippen molar-refractivity contribution in [3.63, 3.8) is 0 Å². The van der Waals surface area contributed by atoms with Crippen LogP contribution in [-0.4, -0.2) is 12.5 Å². The molecule has 0 heterocycles. The Hall–Kier alpha value is -1.09. The van der Waals surface area contributed by atoms with Crippen molar-refractivity contribution in [2.24, 2.45) is 0 Å². The third-order valence-corrected chi connectivity index (χ3v) is 2.74. The van der Waals surface area contributed by atoms with Crippen molar-refractivity contribution >= 4 is 29.1 Å². The molecule has 0 aliphatic heterocycles.